The number of anilines is 1. The molecule has 0 saturated heterocycles. The van der Waals surface area contributed by atoms with Gasteiger partial charge in [-0.2, -0.15) is 0 Å². The summed E-state index contributed by atoms with van der Waals surface area (Å²) in [6, 6.07) is 0. The molecule has 0 radical (unpaired) electrons. The minimum atomic E-state index is 0.229. The standard InChI is InChI=1S/C14H18ClN5/c1-8(2)13-19-12(15)10(4)14(20-13)18-7-11-6-16-9(3)5-17-11/h5-6,8H,7H2,1-4H3,(H,18,19,20). The summed E-state index contributed by atoms with van der Waals surface area (Å²) in [7, 11) is 0. The molecule has 0 aliphatic rings. The lowest BCUT2D eigenvalue weighted by molar-refractivity contribution is 0.771. The minimum absolute atomic E-state index is 0.229. The highest BCUT2D eigenvalue weighted by molar-refractivity contribution is 6.30. The zero-order chi connectivity index (χ0) is 14.7. The third-order valence-electron chi connectivity index (χ3n) is 2.89. The smallest absolute Gasteiger partial charge is 0.137 e. The highest BCUT2D eigenvalue weighted by Gasteiger charge is 2.11. The van der Waals surface area contributed by atoms with E-state index in [1.165, 1.54) is 0 Å². The molecule has 0 saturated carbocycles. The van der Waals surface area contributed by atoms with Gasteiger partial charge in [-0.05, 0) is 13.8 Å². The second-order valence-electron chi connectivity index (χ2n) is 5.00. The van der Waals surface area contributed by atoms with E-state index in [0.29, 0.717) is 11.7 Å². The Bertz CT molecular complexity index is 595. The molecule has 0 unspecified atom stereocenters. The molecule has 0 aliphatic heterocycles. The van der Waals surface area contributed by atoms with Gasteiger partial charge in [-0.15, -0.1) is 0 Å². The Hall–Kier alpha value is -1.75. The van der Waals surface area contributed by atoms with Crippen LogP contribution in [0.2, 0.25) is 5.15 Å². The van der Waals surface area contributed by atoms with Crippen molar-refractivity contribution in [3.05, 3.63) is 40.3 Å². The number of aromatic nitrogens is 4. The highest BCUT2D eigenvalue weighted by Crippen LogP contribution is 2.23. The van der Waals surface area contributed by atoms with Crippen molar-refractivity contribution in [2.45, 2.75) is 40.2 Å². The first-order chi connectivity index (χ1) is 9.47. The third kappa shape index (κ3) is 3.42. The van der Waals surface area contributed by atoms with Crippen molar-refractivity contribution in [2.24, 2.45) is 0 Å². The molecule has 1 N–H and O–H groups in total. The first-order valence-corrected chi connectivity index (χ1v) is 6.90. The zero-order valence-electron chi connectivity index (χ0n) is 12.1. The van der Waals surface area contributed by atoms with Gasteiger partial charge in [0.15, 0.2) is 0 Å². The van der Waals surface area contributed by atoms with Crippen LogP contribution in [0, 0.1) is 13.8 Å². The Morgan fingerprint density at radius 1 is 1.15 bits per heavy atom. The minimum Gasteiger partial charge on any atom is -0.364 e. The normalized spacial score (nSPS) is 10.9. The van der Waals surface area contributed by atoms with Gasteiger partial charge in [0, 0.05) is 17.7 Å². The second kappa shape index (κ2) is 6.13. The Morgan fingerprint density at radius 3 is 2.50 bits per heavy atom. The number of rotatable bonds is 4. The fourth-order valence-electron chi connectivity index (χ4n) is 1.62. The van der Waals surface area contributed by atoms with Crippen LogP contribution >= 0.6 is 11.6 Å². The summed E-state index contributed by atoms with van der Waals surface area (Å²) in [4.78, 5) is 17.3. The number of hydrogen-bond donors (Lipinski definition) is 1. The molecule has 2 aromatic heterocycles. The molecule has 0 aliphatic carbocycles. The number of nitrogens with one attached hydrogen (secondary N) is 1. The SMILES string of the molecule is Cc1cnc(CNc2nc(C(C)C)nc(Cl)c2C)cn1. The second-order valence-corrected chi connectivity index (χ2v) is 5.36. The van der Waals surface area contributed by atoms with Gasteiger partial charge < -0.3 is 5.32 Å². The maximum Gasteiger partial charge on any atom is 0.137 e. The Balaban J connectivity index is 2.18. The first kappa shape index (κ1) is 14.7. The maximum atomic E-state index is 6.15. The molecule has 2 aromatic rings. The topological polar surface area (TPSA) is 63.6 Å². The van der Waals surface area contributed by atoms with Crippen molar-refractivity contribution in [3.8, 4) is 0 Å². The van der Waals surface area contributed by atoms with E-state index in [0.717, 1.165) is 28.6 Å². The Kier molecular flexibility index (Phi) is 4.49. The van der Waals surface area contributed by atoms with E-state index in [2.05, 4.69) is 25.3 Å². The van der Waals surface area contributed by atoms with Crippen LogP contribution in [0.15, 0.2) is 12.4 Å². The van der Waals surface area contributed by atoms with Gasteiger partial charge in [-0.3, -0.25) is 9.97 Å². The van der Waals surface area contributed by atoms with Gasteiger partial charge in [0.25, 0.3) is 0 Å². The lowest BCUT2D eigenvalue weighted by atomic mass is 10.2. The molecule has 0 spiro atoms. The molecule has 20 heavy (non-hydrogen) atoms. The van der Waals surface area contributed by atoms with Crippen molar-refractivity contribution >= 4 is 17.4 Å². The molecular weight excluding hydrogens is 274 g/mol. The molecule has 2 rings (SSSR count). The average molecular weight is 292 g/mol. The molecule has 0 fully saturated rings. The summed E-state index contributed by atoms with van der Waals surface area (Å²) in [6.45, 7) is 8.44. The largest absolute Gasteiger partial charge is 0.364 e. The highest BCUT2D eigenvalue weighted by atomic mass is 35.5. The van der Waals surface area contributed by atoms with Gasteiger partial charge in [0.1, 0.15) is 16.8 Å². The van der Waals surface area contributed by atoms with Crippen LogP contribution in [0.1, 0.15) is 42.5 Å². The molecule has 6 heteroatoms. The first-order valence-electron chi connectivity index (χ1n) is 6.52. The van der Waals surface area contributed by atoms with Crippen LogP contribution < -0.4 is 5.32 Å². The van der Waals surface area contributed by atoms with Crippen LogP contribution in [0.5, 0.6) is 0 Å². The predicted octanol–water partition coefficient (Wildman–Crippen LogP) is 3.27. The Morgan fingerprint density at radius 2 is 1.90 bits per heavy atom. The van der Waals surface area contributed by atoms with Crippen LogP contribution in [-0.4, -0.2) is 19.9 Å². The monoisotopic (exact) mass is 291 g/mol. The zero-order valence-corrected chi connectivity index (χ0v) is 12.9. The number of nitrogens with zero attached hydrogens (tertiary/aromatic N) is 4. The summed E-state index contributed by atoms with van der Waals surface area (Å²) in [5.74, 6) is 1.71. The van der Waals surface area contributed by atoms with E-state index in [9.17, 15) is 0 Å². The van der Waals surface area contributed by atoms with Crippen molar-refractivity contribution in [2.75, 3.05) is 5.32 Å². The average Bonchev–Trinajstić information content (AvgIpc) is 2.42. The number of hydrogen-bond acceptors (Lipinski definition) is 5. The van der Waals surface area contributed by atoms with Crippen molar-refractivity contribution in [1.29, 1.82) is 0 Å². The van der Waals surface area contributed by atoms with E-state index in [1.54, 1.807) is 12.4 Å². The van der Waals surface area contributed by atoms with Gasteiger partial charge >= 0.3 is 0 Å². The predicted molar refractivity (Wildman–Crippen MR) is 80.0 cm³/mol. The van der Waals surface area contributed by atoms with Gasteiger partial charge in [-0.25, -0.2) is 9.97 Å². The van der Waals surface area contributed by atoms with E-state index < -0.39 is 0 Å². The van der Waals surface area contributed by atoms with Crippen molar-refractivity contribution in [1.82, 2.24) is 19.9 Å². The lowest BCUT2D eigenvalue weighted by Gasteiger charge is -2.12. The van der Waals surface area contributed by atoms with Crippen LogP contribution in [-0.2, 0) is 6.54 Å². The maximum absolute atomic E-state index is 6.15. The van der Waals surface area contributed by atoms with Gasteiger partial charge in [0.05, 0.1) is 24.1 Å². The number of halogens is 1. The molecule has 0 atom stereocenters. The van der Waals surface area contributed by atoms with E-state index >= 15 is 0 Å². The van der Waals surface area contributed by atoms with Crippen molar-refractivity contribution in [3.63, 3.8) is 0 Å². The molecular formula is C14H18ClN5. The van der Waals surface area contributed by atoms with Crippen LogP contribution in [0.25, 0.3) is 0 Å². The van der Waals surface area contributed by atoms with Gasteiger partial charge in [-0.1, -0.05) is 25.4 Å². The fourth-order valence-corrected chi connectivity index (χ4v) is 1.80. The van der Waals surface area contributed by atoms with Gasteiger partial charge in [0.2, 0.25) is 0 Å². The molecule has 106 valence electrons. The molecule has 0 amide bonds. The summed E-state index contributed by atoms with van der Waals surface area (Å²) in [6.07, 6.45) is 3.50. The number of aryl methyl sites for hydroxylation is 1. The molecule has 2 heterocycles. The fraction of sp³-hybridized carbons (Fsp3) is 0.429. The molecule has 0 aromatic carbocycles. The van der Waals surface area contributed by atoms with E-state index in [1.807, 2.05) is 27.7 Å². The third-order valence-corrected chi connectivity index (χ3v) is 3.26. The van der Waals surface area contributed by atoms with E-state index in [4.69, 9.17) is 11.6 Å². The lowest BCUT2D eigenvalue weighted by Crippen LogP contribution is -2.09. The molecule has 0 bridgehead atoms. The van der Waals surface area contributed by atoms with Crippen molar-refractivity contribution < 1.29 is 0 Å². The summed E-state index contributed by atoms with van der Waals surface area (Å²) in [5, 5.41) is 3.73. The van der Waals surface area contributed by atoms with E-state index in [-0.39, 0.29) is 5.92 Å². The van der Waals surface area contributed by atoms with Crippen LogP contribution in [0.4, 0.5) is 5.82 Å². The Labute approximate surface area is 123 Å². The summed E-state index contributed by atoms with van der Waals surface area (Å²) in [5.41, 5.74) is 2.60. The molecule has 5 nitrogen and oxygen atoms in total. The summed E-state index contributed by atoms with van der Waals surface area (Å²) >= 11 is 6.15. The quantitative estimate of drug-likeness (QED) is 0.876. The van der Waals surface area contributed by atoms with Crippen LogP contribution in [0.3, 0.4) is 0 Å². The summed E-state index contributed by atoms with van der Waals surface area (Å²) < 4.78 is 0.